The minimum atomic E-state index is -0.341. The van der Waals surface area contributed by atoms with Crippen molar-refractivity contribution in [2.45, 2.75) is 51.1 Å². The van der Waals surface area contributed by atoms with Gasteiger partial charge >= 0.3 is 6.09 Å². The molecule has 36 heavy (non-hydrogen) atoms. The molecular formula is C29H34FN3O3. The molecule has 1 aromatic heterocycles. The normalized spacial score (nSPS) is 29.6. The van der Waals surface area contributed by atoms with Crippen LogP contribution in [0.2, 0.25) is 0 Å². The van der Waals surface area contributed by atoms with Gasteiger partial charge in [0.1, 0.15) is 5.82 Å². The molecule has 6 nitrogen and oxygen atoms in total. The highest BCUT2D eigenvalue weighted by Crippen LogP contribution is 2.51. The zero-order chi connectivity index (χ0) is 25.2. The van der Waals surface area contributed by atoms with E-state index in [1.165, 1.54) is 12.1 Å². The fourth-order valence-electron chi connectivity index (χ4n) is 6.68. The molecule has 2 aromatic rings. The summed E-state index contributed by atoms with van der Waals surface area (Å²) in [5.41, 5.74) is 2.53. The Hall–Kier alpha value is -3.22. The predicted molar refractivity (Wildman–Crippen MR) is 136 cm³/mol. The third kappa shape index (κ3) is 5.01. The fourth-order valence-corrected chi connectivity index (χ4v) is 6.68. The van der Waals surface area contributed by atoms with Gasteiger partial charge in [0.05, 0.1) is 12.3 Å². The topological polar surface area (TPSA) is 71.5 Å². The Morgan fingerprint density at radius 1 is 1.19 bits per heavy atom. The first-order chi connectivity index (χ1) is 17.4. The maximum atomic E-state index is 13.6. The van der Waals surface area contributed by atoms with E-state index in [0.717, 1.165) is 42.5 Å². The number of benzene rings is 1. The molecule has 1 aromatic carbocycles. The van der Waals surface area contributed by atoms with Crippen LogP contribution in [-0.4, -0.2) is 47.6 Å². The molecule has 0 bridgehead atoms. The number of aromatic nitrogens is 1. The van der Waals surface area contributed by atoms with Gasteiger partial charge in [-0.25, -0.2) is 9.18 Å². The summed E-state index contributed by atoms with van der Waals surface area (Å²) >= 11 is 0. The number of amides is 2. The first-order valence-electron chi connectivity index (χ1n) is 13.0. The number of alkyl carbamates (subject to hydrolysis) is 1. The van der Waals surface area contributed by atoms with Crippen LogP contribution >= 0.6 is 0 Å². The van der Waals surface area contributed by atoms with Crippen LogP contribution in [0.4, 0.5) is 9.18 Å². The number of fused-ring (bicyclic) bond motifs is 2. The SMILES string of the molecule is CCOC(=O)N[C@H]1CC[C@@H]2[C@@H](C1)C[C@H]1[C@H](CC(=O)N1C)[C@H]2/C=C/c1ccc(-c2cccc(F)c2)cn1. The van der Waals surface area contributed by atoms with E-state index < -0.39 is 0 Å². The molecule has 3 fully saturated rings. The van der Waals surface area contributed by atoms with Crippen molar-refractivity contribution in [2.24, 2.45) is 23.7 Å². The molecule has 3 aliphatic rings. The second kappa shape index (κ2) is 10.4. The van der Waals surface area contributed by atoms with Crippen LogP contribution in [0.15, 0.2) is 48.7 Å². The van der Waals surface area contributed by atoms with E-state index in [0.29, 0.717) is 30.8 Å². The molecule has 1 saturated heterocycles. The number of ether oxygens (including phenoxy) is 1. The number of halogens is 1. The molecule has 6 atom stereocenters. The number of carbonyl (C=O) groups excluding carboxylic acids is 2. The molecule has 7 heteroatoms. The fraction of sp³-hybridized carbons (Fsp3) is 0.483. The molecule has 190 valence electrons. The maximum absolute atomic E-state index is 13.6. The molecule has 1 N–H and O–H groups in total. The Balaban J connectivity index is 1.33. The monoisotopic (exact) mass is 491 g/mol. The van der Waals surface area contributed by atoms with Crippen LogP contribution in [0, 0.1) is 29.5 Å². The molecule has 2 aliphatic carbocycles. The van der Waals surface area contributed by atoms with E-state index in [4.69, 9.17) is 4.74 Å². The van der Waals surface area contributed by atoms with Crippen LogP contribution in [0.3, 0.4) is 0 Å². The molecule has 5 rings (SSSR count). The van der Waals surface area contributed by atoms with Crippen LogP contribution in [0.25, 0.3) is 17.2 Å². The lowest BCUT2D eigenvalue weighted by atomic mass is 9.59. The summed E-state index contributed by atoms with van der Waals surface area (Å²) in [5, 5.41) is 3.03. The second-order valence-electron chi connectivity index (χ2n) is 10.4. The van der Waals surface area contributed by atoms with Crippen molar-refractivity contribution in [2.75, 3.05) is 13.7 Å². The number of likely N-dealkylation sites (tertiary alicyclic amines) is 1. The molecule has 0 spiro atoms. The molecule has 2 heterocycles. The second-order valence-corrected chi connectivity index (χ2v) is 10.4. The summed E-state index contributed by atoms with van der Waals surface area (Å²) in [4.78, 5) is 31.2. The lowest BCUT2D eigenvalue weighted by Crippen LogP contribution is -2.50. The lowest BCUT2D eigenvalue weighted by Gasteiger charge is -2.49. The van der Waals surface area contributed by atoms with Crippen molar-refractivity contribution in [3.8, 4) is 11.1 Å². The van der Waals surface area contributed by atoms with E-state index in [1.807, 2.05) is 37.1 Å². The largest absolute Gasteiger partial charge is 0.450 e. The zero-order valence-corrected chi connectivity index (χ0v) is 20.9. The third-order valence-electron chi connectivity index (χ3n) is 8.40. The van der Waals surface area contributed by atoms with Crippen molar-refractivity contribution in [3.63, 3.8) is 0 Å². The van der Waals surface area contributed by atoms with Crippen molar-refractivity contribution >= 4 is 18.1 Å². The lowest BCUT2D eigenvalue weighted by molar-refractivity contribution is -0.127. The first kappa shape index (κ1) is 24.5. The van der Waals surface area contributed by atoms with E-state index in [-0.39, 0.29) is 35.8 Å². The molecule has 0 radical (unpaired) electrons. The van der Waals surface area contributed by atoms with E-state index >= 15 is 0 Å². The van der Waals surface area contributed by atoms with Gasteiger partial charge in [0.15, 0.2) is 0 Å². The predicted octanol–water partition coefficient (Wildman–Crippen LogP) is 5.30. The minimum absolute atomic E-state index is 0.117. The molecule has 2 saturated carbocycles. The van der Waals surface area contributed by atoms with Gasteiger partial charge < -0.3 is 15.0 Å². The molecule has 2 amide bonds. The number of hydrogen-bond acceptors (Lipinski definition) is 4. The smallest absolute Gasteiger partial charge is 0.407 e. The highest BCUT2D eigenvalue weighted by Gasteiger charge is 2.51. The van der Waals surface area contributed by atoms with E-state index in [2.05, 4.69) is 22.5 Å². The Labute approximate surface area is 211 Å². The average Bonchev–Trinajstić information content (AvgIpc) is 3.15. The third-order valence-corrected chi connectivity index (χ3v) is 8.40. The van der Waals surface area contributed by atoms with Gasteiger partial charge in [-0.2, -0.15) is 0 Å². The van der Waals surface area contributed by atoms with Crippen molar-refractivity contribution in [1.29, 1.82) is 0 Å². The number of pyridine rings is 1. The Bertz CT molecular complexity index is 1130. The van der Waals surface area contributed by atoms with Gasteiger partial charge in [-0.15, -0.1) is 0 Å². The number of carbonyl (C=O) groups is 2. The highest BCUT2D eigenvalue weighted by atomic mass is 19.1. The number of allylic oxidation sites excluding steroid dienone is 1. The highest BCUT2D eigenvalue weighted by molar-refractivity contribution is 5.79. The Morgan fingerprint density at radius 2 is 2.06 bits per heavy atom. The van der Waals surface area contributed by atoms with Gasteiger partial charge in [-0.3, -0.25) is 9.78 Å². The number of rotatable bonds is 5. The van der Waals surface area contributed by atoms with Gasteiger partial charge in [0, 0.05) is 37.3 Å². The summed E-state index contributed by atoms with van der Waals surface area (Å²) in [7, 11) is 1.93. The van der Waals surface area contributed by atoms with Gasteiger partial charge in [-0.05, 0) is 86.1 Å². The standard InChI is InChI=1S/C29H34FN3O3/c1-3-36-29(35)32-23-10-11-24-20(14-23)15-27-26(16-28(34)33(27)2)25(24)12-9-22-8-7-19(17-31-22)18-5-4-6-21(30)13-18/h4-9,12-13,17,20,23-27H,3,10-11,14-16H2,1-2H3,(H,32,35)/b12-9+/t20-,23-,24+,25-,26+,27-/m0/s1. The number of nitrogens with one attached hydrogen (secondary N) is 1. The summed E-state index contributed by atoms with van der Waals surface area (Å²) in [6.07, 6.45) is 10.2. The van der Waals surface area contributed by atoms with Crippen LogP contribution in [0.5, 0.6) is 0 Å². The zero-order valence-electron chi connectivity index (χ0n) is 20.9. The first-order valence-corrected chi connectivity index (χ1v) is 13.0. The number of nitrogens with zero attached hydrogens (tertiary/aromatic N) is 2. The van der Waals surface area contributed by atoms with Crippen molar-refractivity contribution < 1.29 is 18.7 Å². The van der Waals surface area contributed by atoms with Gasteiger partial charge in [0.25, 0.3) is 0 Å². The quantitative estimate of drug-likeness (QED) is 0.616. The average molecular weight is 492 g/mol. The molecule has 1 aliphatic heterocycles. The molecular weight excluding hydrogens is 457 g/mol. The maximum Gasteiger partial charge on any atom is 0.407 e. The van der Waals surface area contributed by atoms with Crippen LogP contribution in [-0.2, 0) is 9.53 Å². The van der Waals surface area contributed by atoms with Crippen molar-refractivity contribution in [3.05, 3.63) is 60.2 Å². The van der Waals surface area contributed by atoms with Crippen molar-refractivity contribution in [1.82, 2.24) is 15.2 Å². The Kier molecular flexibility index (Phi) is 7.08. The van der Waals surface area contributed by atoms with E-state index in [1.54, 1.807) is 12.3 Å². The van der Waals surface area contributed by atoms with E-state index in [9.17, 15) is 14.0 Å². The summed E-state index contributed by atoms with van der Waals surface area (Å²) in [6.45, 7) is 2.18. The summed E-state index contributed by atoms with van der Waals surface area (Å²) < 4.78 is 18.7. The number of hydrogen-bond donors (Lipinski definition) is 1. The van der Waals surface area contributed by atoms with Gasteiger partial charge in [0.2, 0.25) is 5.91 Å². The van der Waals surface area contributed by atoms with Crippen LogP contribution < -0.4 is 5.32 Å². The summed E-state index contributed by atoms with van der Waals surface area (Å²) in [6, 6.07) is 10.8. The Morgan fingerprint density at radius 3 is 2.81 bits per heavy atom. The van der Waals surface area contributed by atoms with Crippen LogP contribution in [0.1, 0.15) is 44.7 Å². The molecule has 0 unspecified atom stereocenters. The van der Waals surface area contributed by atoms with Gasteiger partial charge in [-0.1, -0.05) is 24.3 Å². The minimum Gasteiger partial charge on any atom is -0.450 e. The summed E-state index contributed by atoms with van der Waals surface area (Å²) in [5.74, 6) is 1.48.